The predicted octanol–water partition coefficient (Wildman–Crippen LogP) is 3.30. The van der Waals surface area contributed by atoms with Crippen LogP contribution in [0.25, 0.3) is 0 Å². The standard InChI is InChI=1S/C17H25NO4/c1-3-14-11(2)10-15(22-14)16(19)18-13-9-7-5-4-6-8-12(13)17(20)21/h10,12-13H,3-9H2,1-2H3,(H,18,19)(H,20,21). The van der Waals surface area contributed by atoms with Crippen LogP contribution in [0.5, 0.6) is 0 Å². The van der Waals surface area contributed by atoms with Gasteiger partial charge in [-0.2, -0.15) is 0 Å². The molecule has 1 aliphatic rings. The first kappa shape index (κ1) is 16.6. The first-order chi connectivity index (χ1) is 10.5. The van der Waals surface area contributed by atoms with Crippen molar-refractivity contribution in [3.8, 4) is 0 Å². The van der Waals surface area contributed by atoms with Crippen LogP contribution in [0.4, 0.5) is 0 Å². The van der Waals surface area contributed by atoms with Gasteiger partial charge in [0.25, 0.3) is 5.91 Å². The number of aliphatic carboxylic acids is 1. The lowest BCUT2D eigenvalue weighted by molar-refractivity contribution is -0.143. The fourth-order valence-corrected chi connectivity index (χ4v) is 3.18. The van der Waals surface area contributed by atoms with Gasteiger partial charge in [-0.1, -0.05) is 32.6 Å². The SMILES string of the molecule is CCc1oc(C(=O)NC2CCCCCCC2C(=O)O)cc1C. The van der Waals surface area contributed by atoms with Gasteiger partial charge in [-0.15, -0.1) is 0 Å². The minimum atomic E-state index is -0.822. The van der Waals surface area contributed by atoms with E-state index in [9.17, 15) is 14.7 Å². The van der Waals surface area contributed by atoms with Gasteiger partial charge in [0.2, 0.25) is 0 Å². The molecule has 1 aromatic heterocycles. The van der Waals surface area contributed by atoms with Gasteiger partial charge in [0, 0.05) is 12.5 Å². The molecule has 1 saturated carbocycles. The molecular weight excluding hydrogens is 282 g/mol. The highest BCUT2D eigenvalue weighted by Crippen LogP contribution is 2.24. The lowest BCUT2D eigenvalue weighted by atomic mass is 9.86. The lowest BCUT2D eigenvalue weighted by Crippen LogP contribution is -2.43. The molecule has 0 spiro atoms. The Bertz CT molecular complexity index is 535. The van der Waals surface area contributed by atoms with Crippen LogP contribution in [0.2, 0.25) is 0 Å². The second kappa shape index (κ2) is 7.47. The van der Waals surface area contributed by atoms with E-state index in [1.54, 1.807) is 6.07 Å². The van der Waals surface area contributed by atoms with E-state index in [1.807, 2.05) is 13.8 Å². The summed E-state index contributed by atoms with van der Waals surface area (Å²) in [5, 5.41) is 12.3. The van der Waals surface area contributed by atoms with Gasteiger partial charge in [-0.05, 0) is 31.4 Å². The summed E-state index contributed by atoms with van der Waals surface area (Å²) in [4.78, 5) is 23.8. The number of hydrogen-bond donors (Lipinski definition) is 2. The van der Waals surface area contributed by atoms with Crippen molar-refractivity contribution in [3.63, 3.8) is 0 Å². The Balaban J connectivity index is 2.10. The first-order valence-electron chi connectivity index (χ1n) is 8.16. The Morgan fingerprint density at radius 3 is 2.55 bits per heavy atom. The summed E-state index contributed by atoms with van der Waals surface area (Å²) >= 11 is 0. The summed E-state index contributed by atoms with van der Waals surface area (Å²) in [6.07, 6.45) is 6.09. The molecule has 0 radical (unpaired) electrons. The molecule has 5 nitrogen and oxygen atoms in total. The zero-order valence-corrected chi connectivity index (χ0v) is 13.4. The zero-order chi connectivity index (χ0) is 16.1. The lowest BCUT2D eigenvalue weighted by Gasteiger charge is -2.26. The fourth-order valence-electron chi connectivity index (χ4n) is 3.18. The molecule has 1 heterocycles. The topological polar surface area (TPSA) is 79.5 Å². The van der Waals surface area contributed by atoms with Crippen LogP contribution in [-0.2, 0) is 11.2 Å². The van der Waals surface area contributed by atoms with E-state index in [0.717, 1.165) is 43.4 Å². The van der Waals surface area contributed by atoms with E-state index < -0.39 is 11.9 Å². The number of carboxylic acids is 1. The molecule has 122 valence electrons. The third-order valence-electron chi connectivity index (χ3n) is 4.47. The van der Waals surface area contributed by atoms with Crippen molar-refractivity contribution in [2.75, 3.05) is 0 Å². The van der Waals surface area contributed by atoms with Crippen molar-refractivity contribution in [2.45, 2.75) is 64.8 Å². The summed E-state index contributed by atoms with van der Waals surface area (Å²) in [6.45, 7) is 3.89. The van der Waals surface area contributed by atoms with Gasteiger partial charge < -0.3 is 14.8 Å². The molecule has 1 aliphatic carbocycles. The second-order valence-corrected chi connectivity index (χ2v) is 6.09. The maximum absolute atomic E-state index is 12.4. The molecule has 22 heavy (non-hydrogen) atoms. The smallest absolute Gasteiger partial charge is 0.308 e. The largest absolute Gasteiger partial charge is 0.481 e. The molecule has 2 rings (SSSR count). The number of furan rings is 1. The predicted molar refractivity (Wildman–Crippen MR) is 82.9 cm³/mol. The maximum atomic E-state index is 12.4. The van der Waals surface area contributed by atoms with Gasteiger partial charge in [0.1, 0.15) is 5.76 Å². The summed E-state index contributed by atoms with van der Waals surface area (Å²) in [5.41, 5.74) is 0.958. The van der Waals surface area contributed by atoms with Gasteiger partial charge in [0.05, 0.1) is 5.92 Å². The van der Waals surface area contributed by atoms with Gasteiger partial charge >= 0.3 is 5.97 Å². The van der Waals surface area contributed by atoms with E-state index in [1.165, 1.54) is 0 Å². The second-order valence-electron chi connectivity index (χ2n) is 6.09. The van der Waals surface area contributed by atoms with Crippen LogP contribution in [-0.4, -0.2) is 23.0 Å². The number of carbonyl (C=O) groups is 2. The highest BCUT2D eigenvalue weighted by Gasteiger charge is 2.30. The van der Waals surface area contributed by atoms with Crippen molar-refractivity contribution in [1.29, 1.82) is 0 Å². The Morgan fingerprint density at radius 2 is 1.95 bits per heavy atom. The highest BCUT2D eigenvalue weighted by atomic mass is 16.4. The third-order valence-corrected chi connectivity index (χ3v) is 4.47. The monoisotopic (exact) mass is 307 g/mol. The van der Waals surface area contributed by atoms with E-state index in [0.29, 0.717) is 12.8 Å². The van der Waals surface area contributed by atoms with Crippen molar-refractivity contribution >= 4 is 11.9 Å². The number of hydrogen-bond acceptors (Lipinski definition) is 3. The maximum Gasteiger partial charge on any atom is 0.308 e. The van der Waals surface area contributed by atoms with Crippen LogP contribution in [0.3, 0.4) is 0 Å². The number of nitrogens with one attached hydrogen (secondary N) is 1. The number of amides is 1. The highest BCUT2D eigenvalue weighted by molar-refractivity contribution is 5.92. The molecule has 2 atom stereocenters. The van der Waals surface area contributed by atoms with Crippen molar-refractivity contribution in [2.24, 2.45) is 5.92 Å². The Morgan fingerprint density at radius 1 is 1.27 bits per heavy atom. The molecule has 0 saturated heterocycles. The number of rotatable bonds is 4. The minimum absolute atomic E-state index is 0.278. The van der Waals surface area contributed by atoms with Gasteiger partial charge in [-0.25, -0.2) is 0 Å². The molecule has 0 aromatic carbocycles. The van der Waals surface area contributed by atoms with E-state index >= 15 is 0 Å². The van der Waals surface area contributed by atoms with Crippen LogP contribution in [0.15, 0.2) is 10.5 Å². The van der Waals surface area contributed by atoms with E-state index in [4.69, 9.17) is 4.42 Å². The molecule has 0 bridgehead atoms. The number of carboxylic acid groups (broad SMARTS) is 1. The molecule has 0 aliphatic heterocycles. The van der Waals surface area contributed by atoms with Gasteiger partial charge in [0.15, 0.2) is 5.76 Å². The average Bonchev–Trinajstić information content (AvgIpc) is 2.82. The third kappa shape index (κ3) is 3.90. The van der Waals surface area contributed by atoms with Crippen LogP contribution >= 0.6 is 0 Å². The fraction of sp³-hybridized carbons (Fsp3) is 0.647. The number of aryl methyl sites for hydroxylation is 2. The molecule has 2 N–H and O–H groups in total. The quantitative estimate of drug-likeness (QED) is 0.894. The molecule has 1 amide bonds. The van der Waals surface area contributed by atoms with Crippen molar-refractivity contribution in [1.82, 2.24) is 5.32 Å². The van der Waals surface area contributed by atoms with Crippen molar-refractivity contribution < 1.29 is 19.1 Å². The van der Waals surface area contributed by atoms with Crippen LogP contribution < -0.4 is 5.32 Å². The number of carbonyl (C=O) groups excluding carboxylic acids is 1. The minimum Gasteiger partial charge on any atom is -0.481 e. The summed E-state index contributed by atoms with van der Waals surface area (Å²) in [7, 11) is 0. The zero-order valence-electron chi connectivity index (χ0n) is 13.4. The Hall–Kier alpha value is -1.78. The molecule has 5 heteroatoms. The first-order valence-corrected chi connectivity index (χ1v) is 8.16. The Kier molecular flexibility index (Phi) is 5.63. The summed E-state index contributed by atoms with van der Waals surface area (Å²) in [6, 6.07) is 1.41. The molecule has 1 aromatic rings. The van der Waals surface area contributed by atoms with Crippen LogP contribution in [0, 0.1) is 12.8 Å². The molecule has 1 fully saturated rings. The molecular formula is C17H25NO4. The van der Waals surface area contributed by atoms with Gasteiger partial charge in [-0.3, -0.25) is 9.59 Å². The summed E-state index contributed by atoms with van der Waals surface area (Å²) < 4.78 is 5.56. The summed E-state index contributed by atoms with van der Waals surface area (Å²) in [5.74, 6) is -0.555. The van der Waals surface area contributed by atoms with E-state index in [2.05, 4.69) is 5.32 Å². The average molecular weight is 307 g/mol. The Labute approximate surface area is 131 Å². The molecule has 2 unspecified atom stereocenters. The van der Waals surface area contributed by atoms with E-state index in [-0.39, 0.29) is 17.7 Å². The van der Waals surface area contributed by atoms with Crippen molar-refractivity contribution in [3.05, 3.63) is 23.2 Å². The normalized spacial score (nSPS) is 22.6. The van der Waals surface area contributed by atoms with Crippen LogP contribution in [0.1, 0.15) is 67.3 Å².